The van der Waals surface area contributed by atoms with Gasteiger partial charge in [-0.05, 0) is 42.5 Å². The van der Waals surface area contributed by atoms with Gasteiger partial charge in [0.2, 0.25) is 5.91 Å². The standard InChI is InChI=1S/C21H25Cl2N3O2/c22-17-4-6-20(7-5-17)28-15-14-26-12-10-25(11-13-26)9-8-21(27)24-19-3-1-2-18(23)16-19/h1-7,16H,8-15H2,(H,24,27). The predicted octanol–water partition coefficient (Wildman–Crippen LogP) is 4.02. The third-order valence-corrected chi connectivity index (χ3v) is 5.21. The minimum Gasteiger partial charge on any atom is -0.492 e. The van der Waals surface area contributed by atoms with E-state index in [0.717, 1.165) is 50.7 Å². The normalized spacial score (nSPS) is 15.4. The summed E-state index contributed by atoms with van der Waals surface area (Å²) in [6.45, 7) is 6.22. The Bertz CT molecular complexity index is 763. The second-order valence-corrected chi connectivity index (χ2v) is 7.67. The highest BCUT2D eigenvalue weighted by Crippen LogP contribution is 2.16. The van der Waals surface area contributed by atoms with Crippen LogP contribution in [0.5, 0.6) is 5.75 Å². The SMILES string of the molecule is O=C(CCN1CCN(CCOc2ccc(Cl)cc2)CC1)Nc1cccc(Cl)c1. The Morgan fingerprint density at radius 1 is 0.929 bits per heavy atom. The lowest BCUT2D eigenvalue weighted by Crippen LogP contribution is -2.48. The van der Waals surface area contributed by atoms with Gasteiger partial charge in [0.25, 0.3) is 0 Å². The van der Waals surface area contributed by atoms with E-state index < -0.39 is 0 Å². The summed E-state index contributed by atoms with van der Waals surface area (Å²) < 4.78 is 5.76. The lowest BCUT2D eigenvalue weighted by atomic mass is 10.2. The van der Waals surface area contributed by atoms with E-state index in [4.69, 9.17) is 27.9 Å². The average molecular weight is 422 g/mol. The molecule has 5 nitrogen and oxygen atoms in total. The van der Waals surface area contributed by atoms with Crippen molar-refractivity contribution in [2.24, 2.45) is 0 Å². The number of hydrogen-bond acceptors (Lipinski definition) is 4. The first-order valence-corrected chi connectivity index (χ1v) is 10.2. The van der Waals surface area contributed by atoms with E-state index in [2.05, 4.69) is 15.1 Å². The number of benzene rings is 2. The zero-order valence-electron chi connectivity index (χ0n) is 15.7. The lowest BCUT2D eigenvalue weighted by Gasteiger charge is -2.34. The molecule has 2 aromatic carbocycles. The van der Waals surface area contributed by atoms with Crippen LogP contribution in [-0.2, 0) is 4.79 Å². The maximum absolute atomic E-state index is 12.1. The van der Waals surface area contributed by atoms with E-state index in [1.54, 1.807) is 12.1 Å². The topological polar surface area (TPSA) is 44.8 Å². The van der Waals surface area contributed by atoms with Crippen LogP contribution in [0.1, 0.15) is 6.42 Å². The minimum absolute atomic E-state index is 0.0149. The first-order chi connectivity index (χ1) is 13.6. The second kappa shape index (κ2) is 10.7. The molecule has 1 aliphatic rings. The van der Waals surface area contributed by atoms with Crippen LogP contribution in [-0.4, -0.2) is 61.6 Å². The van der Waals surface area contributed by atoms with E-state index >= 15 is 0 Å². The van der Waals surface area contributed by atoms with Gasteiger partial charge in [-0.15, -0.1) is 0 Å². The number of piperazine rings is 1. The maximum Gasteiger partial charge on any atom is 0.225 e. The smallest absolute Gasteiger partial charge is 0.225 e. The summed E-state index contributed by atoms with van der Waals surface area (Å²) in [5, 5.41) is 4.22. The zero-order chi connectivity index (χ0) is 19.8. The van der Waals surface area contributed by atoms with Crippen LogP contribution in [0, 0.1) is 0 Å². The van der Waals surface area contributed by atoms with Crippen LogP contribution < -0.4 is 10.1 Å². The van der Waals surface area contributed by atoms with Gasteiger partial charge >= 0.3 is 0 Å². The van der Waals surface area contributed by atoms with Crippen molar-refractivity contribution in [1.29, 1.82) is 0 Å². The molecule has 1 saturated heterocycles. The fourth-order valence-corrected chi connectivity index (χ4v) is 3.43. The van der Waals surface area contributed by atoms with Crippen LogP contribution in [0.2, 0.25) is 10.0 Å². The molecule has 28 heavy (non-hydrogen) atoms. The number of nitrogens with one attached hydrogen (secondary N) is 1. The number of hydrogen-bond donors (Lipinski definition) is 1. The molecule has 1 heterocycles. The van der Waals surface area contributed by atoms with Crippen molar-refractivity contribution in [3.05, 3.63) is 58.6 Å². The number of anilines is 1. The quantitative estimate of drug-likeness (QED) is 0.698. The van der Waals surface area contributed by atoms with Gasteiger partial charge < -0.3 is 15.0 Å². The van der Waals surface area contributed by atoms with Crippen molar-refractivity contribution in [2.45, 2.75) is 6.42 Å². The van der Waals surface area contributed by atoms with Crippen LogP contribution in [0.4, 0.5) is 5.69 Å². The summed E-state index contributed by atoms with van der Waals surface area (Å²) in [6.07, 6.45) is 0.478. The van der Waals surface area contributed by atoms with Crippen LogP contribution >= 0.6 is 23.2 Å². The Morgan fingerprint density at radius 2 is 1.61 bits per heavy atom. The summed E-state index contributed by atoms with van der Waals surface area (Å²) in [5.74, 6) is 0.856. The Kier molecular flexibility index (Phi) is 7.98. The maximum atomic E-state index is 12.1. The van der Waals surface area contributed by atoms with E-state index in [1.807, 2.05) is 36.4 Å². The Balaban J connectivity index is 1.29. The second-order valence-electron chi connectivity index (χ2n) is 6.79. The molecular formula is C21H25Cl2N3O2. The van der Waals surface area contributed by atoms with Gasteiger partial charge in [0, 0.05) is 61.4 Å². The lowest BCUT2D eigenvalue weighted by molar-refractivity contribution is -0.116. The van der Waals surface area contributed by atoms with E-state index in [9.17, 15) is 4.79 Å². The Labute approximate surface area is 176 Å². The molecule has 0 unspecified atom stereocenters. The predicted molar refractivity (Wildman–Crippen MR) is 115 cm³/mol. The monoisotopic (exact) mass is 421 g/mol. The molecule has 3 rings (SSSR count). The molecule has 1 N–H and O–H groups in total. The molecule has 1 aliphatic heterocycles. The van der Waals surface area contributed by atoms with E-state index in [1.165, 1.54) is 0 Å². The number of amides is 1. The van der Waals surface area contributed by atoms with Crippen molar-refractivity contribution in [1.82, 2.24) is 9.80 Å². The molecule has 0 aliphatic carbocycles. The number of carbonyl (C=O) groups excluding carboxylic acids is 1. The molecule has 0 aromatic heterocycles. The van der Waals surface area contributed by atoms with Crippen molar-refractivity contribution in [3.8, 4) is 5.75 Å². The fraction of sp³-hybridized carbons (Fsp3) is 0.381. The van der Waals surface area contributed by atoms with Gasteiger partial charge in [-0.1, -0.05) is 29.3 Å². The van der Waals surface area contributed by atoms with Gasteiger partial charge in [-0.3, -0.25) is 9.69 Å². The molecule has 0 atom stereocenters. The van der Waals surface area contributed by atoms with Crippen LogP contribution in [0.15, 0.2) is 48.5 Å². The first kappa shape index (κ1) is 20.9. The summed E-state index contributed by atoms with van der Waals surface area (Å²) in [5.41, 5.74) is 0.739. The molecule has 1 fully saturated rings. The molecular weight excluding hydrogens is 397 g/mol. The number of carbonyl (C=O) groups is 1. The fourth-order valence-electron chi connectivity index (χ4n) is 3.11. The van der Waals surface area contributed by atoms with Gasteiger partial charge in [-0.2, -0.15) is 0 Å². The average Bonchev–Trinajstić information content (AvgIpc) is 2.69. The highest BCUT2D eigenvalue weighted by atomic mass is 35.5. The molecule has 2 aromatic rings. The largest absolute Gasteiger partial charge is 0.492 e. The zero-order valence-corrected chi connectivity index (χ0v) is 17.3. The van der Waals surface area contributed by atoms with Crippen molar-refractivity contribution in [2.75, 3.05) is 51.2 Å². The van der Waals surface area contributed by atoms with Gasteiger partial charge in [0.05, 0.1) is 0 Å². The van der Waals surface area contributed by atoms with Crippen molar-refractivity contribution >= 4 is 34.8 Å². The molecule has 150 valence electrons. The highest BCUT2D eigenvalue weighted by molar-refractivity contribution is 6.31. The van der Waals surface area contributed by atoms with Crippen molar-refractivity contribution in [3.63, 3.8) is 0 Å². The summed E-state index contributed by atoms with van der Waals surface area (Å²) in [4.78, 5) is 16.8. The molecule has 7 heteroatoms. The summed E-state index contributed by atoms with van der Waals surface area (Å²) in [7, 11) is 0. The summed E-state index contributed by atoms with van der Waals surface area (Å²) >= 11 is 11.8. The van der Waals surface area contributed by atoms with Gasteiger partial charge in [0.1, 0.15) is 12.4 Å². The molecule has 0 saturated carbocycles. The first-order valence-electron chi connectivity index (χ1n) is 9.47. The molecule has 0 spiro atoms. The third-order valence-electron chi connectivity index (χ3n) is 4.72. The number of ether oxygens (including phenoxy) is 1. The number of halogens is 2. The molecule has 0 bridgehead atoms. The molecule has 1 amide bonds. The Hall–Kier alpha value is -1.79. The van der Waals surface area contributed by atoms with E-state index in [0.29, 0.717) is 23.1 Å². The van der Waals surface area contributed by atoms with Gasteiger partial charge in [0.15, 0.2) is 0 Å². The third kappa shape index (κ3) is 6.99. The van der Waals surface area contributed by atoms with E-state index in [-0.39, 0.29) is 5.91 Å². The van der Waals surface area contributed by atoms with Gasteiger partial charge in [-0.25, -0.2) is 0 Å². The van der Waals surface area contributed by atoms with Crippen LogP contribution in [0.3, 0.4) is 0 Å². The highest BCUT2D eigenvalue weighted by Gasteiger charge is 2.17. The van der Waals surface area contributed by atoms with Crippen LogP contribution in [0.25, 0.3) is 0 Å². The number of nitrogens with zero attached hydrogens (tertiary/aromatic N) is 2. The minimum atomic E-state index is 0.0149. The molecule has 0 radical (unpaired) electrons. The Morgan fingerprint density at radius 3 is 2.29 bits per heavy atom. The van der Waals surface area contributed by atoms with Crippen molar-refractivity contribution < 1.29 is 9.53 Å². The number of rotatable bonds is 8. The summed E-state index contributed by atoms with van der Waals surface area (Å²) in [6, 6.07) is 14.6.